The molecule has 1 amide bonds. The van der Waals surface area contributed by atoms with Crippen molar-refractivity contribution in [2.45, 2.75) is 58.5 Å². The quantitative estimate of drug-likeness (QED) is 0.744. The summed E-state index contributed by atoms with van der Waals surface area (Å²) in [6.45, 7) is 8.96. The van der Waals surface area contributed by atoms with Gasteiger partial charge in [0.05, 0.1) is 5.54 Å². The van der Waals surface area contributed by atoms with Crippen molar-refractivity contribution in [3.8, 4) is 0 Å². The van der Waals surface area contributed by atoms with Gasteiger partial charge < -0.3 is 10.6 Å². The van der Waals surface area contributed by atoms with Crippen LogP contribution < -0.4 is 10.6 Å². The van der Waals surface area contributed by atoms with E-state index in [-0.39, 0.29) is 5.91 Å². The first-order valence-corrected chi connectivity index (χ1v) is 6.01. The molecule has 2 N–H and O–H groups in total. The number of rotatable bonds is 4. The van der Waals surface area contributed by atoms with Gasteiger partial charge in [0.15, 0.2) is 0 Å². The fourth-order valence-electron chi connectivity index (χ4n) is 2.23. The number of amides is 1. The predicted molar refractivity (Wildman–Crippen MR) is 62.7 cm³/mol. The average Bonchev–Trinajstić information content (AvgIpc) is 2.51. The molecule has 0 saturated heterocycles. The normalized spacial score (nSPS) is 26.7. The highest BCUT2D eigenvalue weighted by atomic mass is 16.2. The number of carbonyl (C=O) groups is 1. The number of carbonyl (C=O) groups excluding carboxylic acids is 1. The number of hydrogen-bond donors (Lipinski definition) is 2. The monoisotopic (exact) mass is 212 g/mol. The van der Waals surface area contributed by atoms with E-state index >= 15 is 0 Å². The summed E-state index contributed by atoms with van der Waals surface area (Å²) in [5.74, 6) is 0.890. The van der Waals surface area contributed by atoms with Crippen molar-refractivity contribution < 1.29 is 4.79 Å². The van der Waals surface area contributed by atoms with E-state index < -0.39 is 5.54 Å². The molecule has 0 bridgehead atoms. The largest absolute Gasteiger partial charge is 0.352 e. The molecule has 15 heavy (non-hydrogen) atoms. The van der Waals surface area contributed by atoms with E-state index in [2.05, 4.69) is 17.6 Å². The molecule has 0 aromatic carbocycles. The van der Waals surface area contributed by atoms with Crippen molar-refractivity contribution in [3.63, 3.8) is 0 Å². The van der Waals surface area contributed by atoms with Crippen molar-refractivity contribution in [1.82, 2.24) is 10.6 Å². The Morgan fingerprint density at radius 3 is 2.53 bits per heavy atom. The Bertz CT molecular complexity index is 226. The van der Waals surface area contributed by atoms with Crippen LogP contribution in [0.5, 0.6) is 0 Å². The zero-order valence-corrected chi connectivity index (χ0v) is 10.4. The Morgan fingerprint density at radius 1 is 1.40 bits per heavy atom. The molecule has 1 fully saturated rings. The third-order valence-corrected chi connectivity index (χ3v) is 3.22. The summed E-state index contributed by atoms with van der Waals surface area (Å²) in [4.78, 5) is 11.9. The number of nitrogens with one attached hydrogen (secondary N) is 2. The molecule has 88 valence electrons. The van der Waals surface area contributed by atoms with Gasteiger partial charge in [0.25, 0.3) is 0 Å². The van der Waals surface area contributed by atoms with Gasteiger partial charge in [-0.25, -0.2) is 0 Å². The maximum absolute atomic E-state index is 11.9. The Kier molecular flexibility index (Phi) is 4.14. The van der Waals surface area contributed by atoms with Crippen LogP contribution in [0.25, 0.3) is 0 Å². The SMILES string of the molecule is CCNC(C)(C)C(=O)NC1CCC(C)C1. The first-order valence-electron chi connectivity index (χ1n) is 6.01. The molecule has 3 heteroatoms. The van der Waals surface area contributed by atoms with E-state index in [9.17, 15) is 4.79 Å². The number of likely N-dealkylation sites (N-methyl/N-ethyl adjacent to an activating group) is 1. The minimum absolute atomic E-state index is 0.128. The molecule has 1 aliphatic carbocycles. The van der Waals surface area contributed by atoms with Crippen LogP contribution in [0.4, 0.5) is 0 Å². The molecular weight excluding hydrogens is 188 g/mol. The van der Waals surface area contributed by atoms with E-state index in [0.29, 0.717) is 6.04 Å². The van der Waals surface area contributed by atoms with Crippen molar-refractivity contribution in [2.75, 3.05) is 6.54 Å². The molecule has 2 unspecified atom stereocenters. The van der Waals surface area contributed by atoms with Gasteiger partial charge in [0.1, 0.15) is 0 Å². The summed E-state index contributed by atoms with van der Waals surface area (Å²) in [5.41, 5.74) is -0.444. The second-order valence-electron chi connectivity index (χ2n) is 5.24. The minimum atomic E-state index is -0.444. The molecule has 0 heterocycles. The van der Waals surface area contributed by atoms with Gasteiger partial charge in [-0.1, -0.05) is 13.8 Å². The lowest BCUT2D eigenvalue weighted by atomic mass is 10.0. The van der Waals surface area contributed by atoms with Gasteiger partial charge in [-0.05, 0) is 45.6 Å². The van der Waals surface area contributed by atoms with Crippen molar-refractivity contribution in [1.29, 1.82) is 0 Å². The van der Waals surface area contributed by atoms with Crippen LogP contribution in [0.15, 0.2) is 0 Å². The minimum Gasteiger partial charge on any atom is -0.352 e. The van der Waals surface area contributed by atoms with Crippen molar-refractivity contribution >= 4 is 5.91 Å². The molecule has 0 aromatic heterocycles. The molecule has 0 aliphatic heterocycles. The van der Waals surface area contributed by atoms with Crippen LogP contribution in [-0.2, 0) is 4.79 Å². The van der Waals surface area contributed by atoms with Crippen LogP contribution in [-0.4, -0.2) is 24.0 Å². The van der Waals surface area contributed by atoms with E-state index in [1.807, 2.05) is 20.8 Å². The summed E-state index contributed by atoms with van der Waals surface area (Å²) < 4.78 is 0. The van der Waals surface area contributed by atoms with E-state index in [4.69, 9.17) is 0 Å². The lowest BCUT2D eigenvalue weighted by Gasteiger charge is -2.26. The molecule has 0 spiro atoms. The fourth-order valence-corrected chi connectivity index (χ4v) is 2.23. The van der Waals surface area contributed by atoms with Crippen LogP contribution in [0.1, 0.15) is 47.0 Å². The lowest BCUT2D eigenvalue weighted by Crippen LogP contribution is -2.54. The molecule has 2 atom stereocenters. The maximum Gasteiger partial charge on any atom is 0.239 e. The molecule has 1 aliphatic rings. The first kappa shape index (κ1) is 12.5. The Balaban J connectivity index is 2.41. The summed E-state index contributed by atoms with van der Waals surface area (Å²) in [5, 5.41) is 6.33. The van der Waals surface area contributed by atoms with E-state index in [1.54, 1.807) is 0 Å². The molecule has 1 saturated carbocycles. The second kappa shape index (κ2) is 4.97. The fraction of sp³-hybridized carbons (Fsp3) is 0.917. The third kappa shape index (κ3) is 3.49. The Morgan fingerprint density at radius 2 is 2.07 bits per heavy atom. The topological polar surface area (TPSA) is 41.1 Å². The van der Waals surface area contributed by atoms with Crippen LogP contribution >= 0.6 is 0 Å². The molecular formula is C12H24N2O. The predicted octanol–water partition coefficient (Wildman–Crippen LogP) is 1.68. The Labute approximate surface area is 93.0 Å². The average molecular weight is 212 g/mol. The van der Waals surface area contributed by atoms with Gasteiger partial charge in [0, 0.05) is 6.04 Å². The van der Waals surface area contributed by atoms with Gasteiger partial charge in [-0.3, -0.25) is 4.79 Å². The van der Waals surface area contributed by atoms with Crippen LogP contribution in [0, 0.1) is 5.92 Å². The summed E-state index contributed by atoms with van der Waals surface area (Å²) in [7, 11) is 0. The van der Waals surface area contributed by atoms with Gasteiger partial charge in [0.2, 0.25) is 5.91 Å². The van der Waals surface area contributed by atoms with E-state index in [0.717, 1.165) is 25.3 Å². The highest BCUT2D eigenvalue weighted by molar-refractivity contribution is 5.85. The zero-order chi connectivity index (χ0) is 11.5. The standard InChI is InChI=1S/C12H24N2O/c1-5-13-12(3,4)11(15)14-10-7-6-9(2)8-10/h9-10,13H,5-8H2,1-4H3,(H,14,15). The van der Waals surface area contributed by atoms with Crippen LogP contribution in [0.2, 0.25) is 0 Å². The molecule has 0 aromatic rings. The van der Waals surface area contributed by atoms with Crippen molar-refractivity contribution in [3.05, 3.63) is 0 Å². The smallest absolute Gasteiger partial charge is 0.239 e. The Hall–Kier alpha value is -0.570. The highest BCUT2D eigenvalue weighted by Crippen LogP contribution is 2.24. The van der Waals surface area contributed by atoms with Gasteiger partial charge in [-0.15, -0.1) is 0 Å². The zero-order valence-electron chi connectivity index (χ0n) is 10.4. The molecule has 3 nitrogen and oxygen atoms in total. The third-order valence-electron chi connectivity index (χ3n) is 3.22. The maximum atomic E-state index is 11.9. The highest BCUT2D eigenvalue weighted by Gasteiger charge is 2.30. The second-order valence-corrected chi connectivity index (χ2v) is 5.24. The summed E-state index contributed by atoms with van der Waals surface area (Å²) in [6, 6.07) is 0.394. The summed E-state index contributed by atoms with van der Waals surface area (Å²) >= 11 is 0. The number of hydrogen-bond acceptors (Lipinski definition) is 2. The van der Waals surface area contributed by atoms with Gasteiger partial charge in [-0.2, -0.15) is 0 Å². The van der Waals surface area contributed by atoms with E-state index in [1.165, 1.54) is 6.42 Å². The summed E-state index contributed by atoms with van der Waals surface area (Å²) in [6.07, 6.45) is 3.51. The molecule has 0 radical (unpaired) electrons. The lowest BCUT2D eigenvalue weighted by molar-refractivity contribution is -0.127. The van der Waals surface area contributed by atoms with Gasteiger partial charge >= 0.3 is 0 Å². The first-order chi connectivity index (χ1) is 6.95. The van der Waals surface area contributed by atoms with Crippen molar-refractivity contribution in [2.24, 2.45) is 5.92 Å². The van der Waals surface area contributed by atoms with Crippen LogP contribution in [0.3, 0.4) is 0 Å². The molecule has 1 rings (SSSR count).